The molecule has 27 heavy (non-hydrogen) atoms. The fourth-order valence-electron chi connectivity index (χ4n) is 2.86. The molecule has 1 aromatic carbocycles. The smallest absolute Gasteiger partial charge is 0.234 e. The average Bonchev–Trinajstić information content (AvgIpc) is 2.70. The van der Waals surface area contributed by atoms with Crippen molar-refractivity contribution in [3.63, 3.8) is 0 Å². The summed E-state index contributed by atoms with van der Waals surface area (Å²) in [5.41, 5.74) is 1.69. The molecule has 0 aliphatic carbocycles. The highest BCUT2D eigenvalue weighted by atomic mass is 32.2. The third-order valence-electron chi connectivity index (χ3n) is 4.28. The Morgan fingerprint density at radius 2 is 1.67 bits per heavy atom. The number of nitrogens with zero attached hydrogens (tertiary/aromatic N) is 2. The number of aromatic nitrogens is 1. The molecule has 3 rings (SSSR count). The Kier molecular flexibility index (Phi) is 6.64. The van der Waals surface area contributed by atoms with E-state index in [1.165, 1.54) is 36.0 Å². The predicted molar refractivity (Wildman–Crippen MR) is 104 cm³/mol. The van der Waals surface area contributed by atoms with E-state index >= 15 is 0 Å². The van der Waals surface area contributed by atoms with Crippen LogP contribution in [0.2, 0.25) is 0 Å². The Hall–Kier alpha value is -2.61. The number of piperazine rings is 1. The van der Waals surface area contributed by atoms with Crippen LogP contribution in [0.25, 0.3) is 0 Å². The largest absolute Gasteiger partial charge is 0.368 e. The Labute approximate surface area is 161 Å². The minimum atomic E-state index is -0.348. The van der Waals surface area contributed by atoms with Gasteiger partial charge in [0, 0.05) is 49.7 Å². The number of anilines is 2. The zero-order valence-electron chi connectivity index (χ0n) is 14.9. The third-order valence-corrected chi connectivity index (χ3v) is 5.20. The van der Waals surface area contributed by atoms with Gasteiger partial charge in [0.25, 0.3) is 0 Å². The number of thioether (sulfide) groups is 1. The molecule has 0 bridgehead atoms. The summed E-state index contributed by atoms with van der Waals surface area (Å²) in [4.78, 5) is 31.3. The summed E-state index contributed by atoms with van der Waals surface area (Å²) in [6, 6.07) is 9.64. The SMILES string of the molecule is O=C(CSCC(=O)N1CCN(c2cc[nH+]cc2)CC1)Nc1ccc(F)cc1. The van der Waals surface area contributed by atoms with Gasteiger partial charge in [0.1, 0.15) is 5.82 Å². The maximum Gasteiger partial charge on any atom is 0.234 e. The second-order valence-electron chi connectivity index (χ2n) is 6.17. The third kappa shape index (κ3) is 5.68. The van der Waals surface area contributed by atoms with Gasteiger partial charge in [-0.2, -0.15) is 0 Å². The molecule has 1 saturated heterocycles. The van der Waals surface area contributed by atoms with Crippen LogP contribution in [0.15, 0.2) is 48.8 Å². The molecule has 2 heterocycles. The van der Waals surface area contributed by atoms with Crippen molar-refractivity contribution in [2.45, 2.75) is 0 Å². The summed E-state index contributed by atoms with van der Waals surface area (Å²) in [6.07, 6.45) is 3.78. The van der Waals surface area contributed by atoms with Crippen molar-refractivity contribution < 1.29 is 19.0 Å². The first-order valence-corrected chi connectivity index (χ1v) is 9.89. The standard InChI is InChI=1S/C19H21FN4O2S/c20-15-1-3-16(4-2-15)22-18(25)13-27-14-19(26)24-11-9-23(10-12-24)17-5-7-21-8-6-17/h1-8H,9-14H2,(H,22,25)/p+1. The summed E-state index contributed by atoms with van der Waals surface area (Å²) in [5, 5.41) is 2.69. The van der Waals surface area contributed by atoms with Crippen LogP contribution in [0.1, 0.15) is 0 Å². The molecule has 1 aromatic heterocycles. The molecule has 1 aliphatic heterocycles. The first kappa shape index (κ1) is 19.2. The Balaban J connectivity index is 1.36. The van der Waals surface area contributed by atoms with Gasteiger partial charge in [-0.05, 0) is 24.3 Å². The van der Waals surface area contributed by atoms with Crippen LogP contribution in [0.5, 0.6) is 0 Å². The molecule has 1 fully saturated rings. The first-order chi connectivity index (χ1) is 13.1. The average molecular weight is 389 g/mol. The Bertz CT molecular complexity index is 765. The number of carbonyl (C=O) groups excluding carboxylic acids is 2. The topological polar surface area (TPSA) is 66.8 Å². The normalized spacial score (nSPS) is 14.1. The van der Waals surface area contributed by atoms with Gasteiger partial charge in [0.15, 0.2) is 12.4 Å². The highest BCUT2D eigenvalue weighted by Gasteiger charge is 2.21. The van der Waals surface area contributed by atoms with E-state index in [1.54, 1.807) is 0 Å². The maximum atomic E-state index is 12.8. The zero-order valence-corrected chi connectivity index (χ0v) is 15.7. The minimum absolute atomic E-state index is 0.0515. The number of aromatic amines is 1. The van der Waals surface area contributed by atoms with E-state index in [0.717, 1.165) is 18.8 Å². The van der Waals surface area contributed by atoms with Crippen molar-refractivity contribution in [3.05, 3.63) is 54.6 Å². The molecule has 2 amide bonds. The van der Waals surface area contributed by atoms with Crippen LogP contribution in [-0.2, 0) is 9.59 Å². The van der Waals surface area contributed by atoms with E-state index in [9.17, 15) is 14.0 Å². The molecule has 6 nitrogen and oxygen atoms in total. The zero-order chi connectivity index (χ0) is 19.1. The Morgan fingerprint density at radius 3 is 2.33 bits per heavy atom. The second kappa shape index (κ2) is 9.36. The van der Waals surface area contributed by atoms with Crippen LogP contribution in [-0.4, -0.2) is 54.4 Å². The first-order valence-electron chi connectivity index (χ1n) is 8.74. The summed E-state index contributed by atoms with van der Waals surface area (Å²) >= 11 is 1.29. The van der Waals surface area contributed by atoms with Crippen LogP contribution in [0.3, 0.4) is 0 Å². The van der Waals surface area contributed by atoms with Crippen LogP contribution in [0.4, 0.5) is 15.8 Å². The molecule has 2 aromatic rings. The lowest BCUT2D eigenvalue weighted by molar-refractivity contribution is -0.377. The minimum Gasteiger partial charge on any atom is -0.368 e. The predicted octanol–water partition coefficient (Wildman–Crippen LogP) is 1.66. The van der Waals surface area contributed by atoms with Crippen LogP contribution < -0.4 is 15.2 Å². The fraction of sp³-hybridized carbons (Fsp3) is 0.316. The lowest BCUT2D eigenvalue weighted by Gasteiger charge is -2.35. The highest BCUT2D eigenvalue weighted by molar-refractivity contribution is 8.00. The number of benzene rings is 1. The van der Waals surface area contributed by atoms with Gasteiger partial charge in [-0.1, -0.05) is 0 Å². The van der Waals surface area contributed by atoms with Crippen molar-refractivity contribution in [3.8, 4) is 0 Å². The van der Waals surface area contributed by atoms with Crippen LogP contribution >= 0.6 is 11.8 Å². The number of hydrogen-bond acceptors (Lipinski definition) is 4. The molecular weight excluding hydrogens is 367 g/mol. The van der Waals surface area contributed by atoms with Gasteiger partial charge in [0.2, 0.25) is 11.8 Å². The highest BCUT2D eigenvalue weighted by Crippen LogP contribution is 2.15. The molecule has 2 N–H and O–H groups in total. The second-order valence-corrected chi connectivity index (χ2v) is 7.16. The van der Waals surface area contributed by atoms with E-state index in [2.05, 4.69) is 15.2 Å². The van der Waals surface area contributed by atoms with E-state index in [4.69, 9.17) is 0 Å². The van der Waals surface area contributed by atoms with Gasteiger partial charge in [-0.3, -0.25) is 9.59 Å². The number of carbonyl (C=O) groups is 2. The van der Waals surface area contributed by atoms with Crippen molar-refractivity contribution in [2.24, 2.45) is 0 Å². The molecule has 0 radical (unpaired) electrons. The lowest BCUT2D eigenvalue weighted by atomic mass is 10.2. The van der Waals surface area contributed by atoms with Gasteiger partial charge >= 0.3 is 0 Å². The summed E-state index contributed by atoms with van der Waals surface area (Å²) in [6.45, 7) is 2.95. The van der Waals surface area contributed by atoms with Gasteiger partial charge in [0.05, 0.1) is 11.5 Å². The van der Waals surface area contributed by atoms with Gasteiger partial charge < -0.3 is 15.1 Å². The number of rotatable bonds is 6. The van der Waals surface area contributed by atoms with E-state index < -0.39 is 0 Å². The lowest BCUT2D eigenvalue weighted by Crippen LogP contribution is -2.49. The monoisotopic (exact) mass is 389 g/mol. The van der Waals surface area contributed by atoms with Crippen molar-refractivity contribution in [2.75, 3.05) is 47.9 Å². The quantitative estimate of drug-likeness (QED) is 0.816. The number of hydrogen-bond donors (Lipinski definition) is 1. The molecule has 142 valence electrons. The molecular formula is C19H22FN4O2S+. The molecule has 8 heteroatoms. The van der Waals surface area contributed by atoms with Crippen LogP contribution in [0, 0.1) is 5.82 Å². The van der Waals surface area contributed by atoms with Crippen molar-refractivity contribution in [1.82, 2.24) is 4.90 Å². The van der Waals surface area contributed by atoms with E-state index in [0.29, 0.717) is 18.8 Å². The van der Waals surface area contributed by atoms with E-state index in [1.807, 2.05) is 29.4 Å². The molecule has 0 spiro atoms. The summed E-state index contributed by atoms with van der Waals surface area (Å²) in [5.74, 6) is -0.0415. The van der Waals surface area contributed by atoms with Crippen molar-refractivity contribution >= 4 is 35.0 Å². The summed E-state index contributed by atoms with van der Waals surface area (Å²) < 4.78 is 12.8. The number of amides is 2. The Morgan fingerprint density at radius 1 is 1.00 bits per heavy atom. The molecule has 1 aliphatic rings. The van der Waals surface area contributed by atoms with Gasteiger partial charge in [-0.25, -0.2) is 9.37 Å². The molecule has 0 saturated carbocycles. The fourth-order valence-corrected chi connectivity index (χ4v) is 3.57. The molecule has 0 atom stereocenters. The van der Waals surface area contributed by atoms with E-state index in [-0.39, 0.29) is 29.1 Å². The number of H-pyrrole nitrogens is 1. The molecule has 0 unspecified atom stereocenters. The van der Waals surface area contributed by atoms with Gasteiger partial charge in [-0.15, -0.1) is 11.8 Å². The number of halogens is 1. The maximum absolute atomic E-state index is 12.8. The number of pyridine rings is 1. The summed E-state index contributed by atoms with van der Waals surface area (Å²) in [7, 11) is 0. The van der Waals surface area contributed by atoms with Crippen molar-refractivity contribution in [1.29, 1.82) is 0 Å². The number of nitrogens with one attached hydrogen (secondary N) is 2.